The maximum Gasteiger partial charge on any atom is 0.276 e. The number of likely N-dealkylation sites (N-methyl/N-ethyl adjacent to an activating group) is 1. The van der Waals surface area contributed by atoms with Gasteiger partial charge in [-0.25, -0.2) is 4.98 Å². The molecule has 1 aromatic heterocycles. The Morgan fingerprint density at radius 2 is 2.00 bits per heavy atom. The standard InChI is InChI=1S/C22H29ClN4O4/c1-3-30-13-4-6-17-24-19-18(27(17)14-15-7-9-16(23)10-8-15)20(29)26(11-5-12-28)22-21(31-22)25(19)2/h7-10,21-22,28H,3-6,11-14H2,1-2H3. The minimum Gasteiger partial charge on any atom is -0.396 e. The fraction of sp³-hybridized carbons (Fsp3) is 0.545. The van der Waals surface area contributed by atoms with Crippen LogP contribution in [0.2, 0.25) is 5.02 Å². The smallest absolute Gasteiger partial charge is 0.276 e. The van der Waals surface area contributed by atoms with Crippen molar-refractivity contribution in [2.75, 3.05) is 38.3 Å². The Balaban J connectivity index is 1.71. The van der Waals surface area contributed by atoms with Crippen molar-refractivity contribution in [2.24, 2.45) is 0 Å². The van der Waals surface area contributed by atoms with Crippen LogP contribution in [0.1, 0.15) is 41.6 Å². The summed E-state index contributed by atoms with van der Waals surface area (Å²) in [6, 6.07) is 7.64. The third-order valence-corrected chi connectivity index (χ3v) is 5.92. The van der Waals surface area contributed by atoms with Gasteiger partial charge in [-0.2, -0.15) is 0 Å². The Hall–Kier alpha value is -2.13. The second-order valence-corrected chi connectivity index (χ2v) is 8.25. The molecule has 2 aliphatic rings. The van der Waals surface area contributed by atoms with Gasteiger partial charge in [-0.15, -0.1) is 0 Å². The predicted molar refractivity (Wildman–Crippen MR) is 117 cm³/mol. The van der Waals surface area contributed by atoms with E-state index in [2.05, 4.69) is 0 Å². The first-order valence-electron chi connectivity index (χ1n) is 10.8. The summed E-state index contributed by atoms with van der Waals surface area (Å²) < 4.78 is 13.3. The van der Waals surface area contributed by atoms with Crippen LogP contribution in [0.5, 0.6) is 0 Å². The van der Waals surface area contributed by atoms with E-state index in [0.29, 0.717) is 55.7 Å². The molecule has 0 aliphatic carbocycles. The zero-order valence-electron chi connectivity index (χ0n) is 18.0. The van der Waals surface area contributed by atoms with Crippen LogP contribution in [0.25, 0.3) is 0 Å². The second-order valence-electron chi connectivity index (χ2n) is 7.82. The number of ether oxygens (including phenoxy) is 2. The van der Waals surface area contributed by atoms with Crippen molar-refractivity contribution in [3.63, 3.8) is 0 Å². The molecule has 1 fully saturated rings. The molecule has 0 spiro atoms. The molecule has 1 N–H and O–H groups in total. The maximum absolute atomic E-state index is 13.6. The number of carbonyl (C=O) groups is 1. The summed E-state index contributed by atoms with van der Waals surface area (Å²) >= 11 is 6.06. The van der Waals surface area contributed by atoms with E-state index in [1.165, 1.54) is 0 Å². The molecule has 1 aromatic carbocycles. The zero-order chi connectivity index (χ0) is 22.0. The predicted octanol–water partition coefficient (Wildman–Crippen LogP) is 2.51. The Morgan fingerprint density at radius 3 is 2.71 bits per heavy atom. The molecule has 1 amide bonds. The highest BCUT2D eigenvalue weighted by Crippen LogP contribution is 2.39. The number of anilines is 1. The molecule has 1 saturated heterocycles. The third-order valence-electron chi connectivity index (χ3n) is 5.67. The molecule has 9 heteroatoms. The maximum atomic E-state index is 13.6. The van der Waals surface area contributed by atoms with Crippen molar-refractivity contribution in [1.29, 1.82) is 0 Å². The van der Waals surface area contributed by atoms with Gasteiger partial charge < -0.3 is 28.9 Å². The summed E-state index contributed by atoms with van der Waals surface area (Å²) in [5, 5.41) is 9.96. The molecule has 8 nitrogen and oxygen atoms in total. The number of hydrogen-bond acceptors (Lipinski definition) is 6. The third kappa shape index (κ3) is 4.57. The number of carbonyl (C=O) groups excluding carboxylic acids is 1. The monoisotopic (exact) mass is 448 g/mol. The van der Waals surface area contributed by atoms with Crippen LogP contribution >= 0.6 is 11.6 Å². The SMILES string of the molecule is CCOCCCc1nc2c(n1Cc1ccc(Cl)cc1)C(=O)N(CCCO)C1OC1N2C. The number of benzene rings is 1. The molecule has 2 atom stereocenters. The van der Waals surface area contributed by atoms with Gasteiger partial charge in [-0.05, 0) is 37.5 Å². The van der Waals surface area contributed by atoms with Gasteiger partial charge in [0.1, 0.15) is 5.82 Å². The van der Waals surface area contributed by atoms with E-state index in [1.54, 1.807) is 4.90 Å². The summed E-state index contributed by atoms with van der Waals surface area (Å²) in [5.41, 5.74) is 1.61. The van der Waals surface area contributed by atoms with Gasteiger partial charge in [0.25, 0.3) is 5.91 Å². The van der Waals surface area contributed by atoms with Crippen LogP contribution in [0.15, 0.2) is 24.3 Å². The van der Waals surface area contributed by atoms with Gasteiger partial charge in [0.2, 0.25) is 0 Å². The Kier molecular flexibility index (Phi) is 6.81. The van der Waals surface area contributed by atoms with E-state index in [1.807, 2.05) is 47.7 Å². The molecular weight excluding hydrogens is 420 g/mol. The van der Waals surface area contributed by atoms with E-state index in [4.69, 9.17) is 26.1 Å². The highest BCUT2D eigenvalue weighted by atomic mass is 35.5. The number of hydrogen-bond donors (Lipinski definition) is 1. The van der Waals surface area contributed by atoms with Gasteiger partial charge in [0, 0.05) is 51.4 Å². The Labute approximate surface area is 187 Å². The van der Waals surface area contributed by atoms with E-state index in [9.17, 15) is 9.90 Å². The van der Waals surface area contributed by atoms with Crippen molar-refractivity contribution < 1.29 is 19.4 Å². The number of imidazole rings is 1. The first kappa shape index (κ1) is 22.1. The fourth-order valence-electron chi connectivity index (χ4n) is 4.00. The lowest BCUT2D eigenvalue weighted by Gasteiger charge is -2.20. The van der Waals surface area contributed by atoms with Gasteiger partial charge in [0.05, 0.1) is 0 Å². The molecule has 3 heterocycles. The van der Waals surface area contributed by atoms with Crippen molar-refractivity contribution >= 4 is 23.3 Å². The average molecular weight is 449 g/mol. The summed E-state index contributed by atoms with van der Waals surface area (Å²) in [5.74, 6) is 1.38. The van der Waals surface area contributed by atoms with Crippen LogP contribution in [0.3, 0.4) is 0 Å². The van der Waals surface area contributed by atoms with E-state index in [0.717, 1.165) is 17.8 Å². The van der Waals surface area contributed by atoms with Crippen LogP contribution in [-0.2, 0) is 22.4 Å². The Morgan fingerprint density at radius 1 is 1.23 bits per heavy atom. The van der Waals surface area contributed by atoms with Crippen LogP contribution in [-0.4, -0.2) is 71.3 Å². The second kappa shape index (κ2) is 9.56. The van der Waals surface area contributed by atoms with Crippen LogP contribution < -0.4 is 4.90 Å². The highest BCUT2D eigenvalue weighted by Gasteiger charge is 2.53. The summed E-state index contributed by atoms with van der Waals surface area (Å²) in [6.45, 7) is 4.29. The number of aryl methyl sites for hydroxylation is 1. The molecule has 168 valence electrons. The molecule has 0 bridgehead atoms. The fourth-order valence-corrected chi connectivity index (χ4v) is 4.13. The first-order valence-corrected chi connectivity index (χ1v) is 11.1. The normalized spacial score (nSPS) is 19.9. The first-order chi connectivity index (χ1) is 15.0. The summed E-state index contributed by atoms with van der Waals surface area (Å²) in [4.78, 5) is 22.1. The molecule has 0 radical (unpaired) electrons. The molecule has 0 saturated carbocycles. The number of nitrogens with zero attached hydrogens (tertiary/aromatic N) is 4. The van der Waals surface area contributed by atoms with Gasteiger partial charge in [0.15, 0.2) is 24.0 Å². The number of halogens is 1. The van der Waals surface area contributed by atoms with Crippen molar-refractivity contribution in [3.05, 3.63) is 46.4 Å². The topological polar surface area (TPSA) is 83.4 Å². The van der Waals surface area contributed by atoms with E-state index >= 15 is 0 Å². The number of aliphatic hydroxyl groups excluding tert-OH is 1. The number of aliphatic hydroxyl groups is 1. The zero-order valence-corrected chi connectivity index (χ0v) is 18.7. The molecular formula is C22H29ClN4O4. The summed E-state index contributed by atoms with van der Waals surface area (Å²) in [6.07, 6.45) is 1.51. The highest BCUT2D eigenvalue weighted by molar-refractivity contribution is 6.30. The molecule has 31 heavy (non-hydrogen) atoms. The van der Waals surface area contributed by atoms with Gasteiger partial charge in [-0.1, -0.05) is 23.7 Å². The number of rotatable bonds is 10. The van der Waals surface area contributed by atoms with Gasteiger partial charge in [-0.3, -0.25) is 4.79 Å². The van der Waals surface area contributed by atoms with Crippen molar-refractivity contribution in [2.45, 2.75) is 45.2 Å². The minimum absolute atomic E-state index is 0.0244. The minimum atomic E-state index is -0.302. The number of epoxide rings is 1. The van der Waals surface area contributed by atoms with Gasteiger partial charge >= 0.3 is 0 Å². The van der Waals surface area contributed by atoms with Crippen molar-refractivity contribution in [3.8, 4) is 0 Å². The van der Waals surface area contributed by atoms with E-state index in [-0.39, 0.29) is 25.0 Å². The lowest BCUT2D eigenvalue weighted by atomic mass is 10.2. The lowest BCUT2D eigenvalue weighted by Crippen LogP contribution is -2.37. The largest absolute Gasteiger partial charge is 0.396 e. The molecule has 2 aliphatic heterocycles. The number of amides is 1. The van der Waals surface area contributed by atoms with Crippen LogP contribution in [0.4, 0.5) is 5.82 Å². The molecule has 2 unspecified atom stereocenters. The number of fused-ring (bicyclic) bond motifs is 2. The average Bonchev–Trinajstić information content (AvgIpc) is 3.48. The molecule has 4 rings (SSSR count). The van der Waals surface area contributed by atoms with Crippen molar-refractivity contribution in [1.82, 2.24) is 14.5 Å². The van der Waals surface area contributed by atoms with Crippen LogP contribution in [0, 0.1) is 0 Å². The number of aromatic nitrogens is 2. The molecule has 2 aromatic rings. The Bertz CT molecular complexity index is 917. The summed E-state index contributed by atoms with van der Waals surface area (Å²) in [7, 11) is 1.91. The van der Waals surface area contributed by atoms with E-state index < -0.39 is 0 Å². The lowest BCUT2D eigenvalue weighted by molar-refractivity contribution is 0.0645. The quantitative estimate of drug-likeness (QED) is 0.444.